The number of rotatable bonds is 5. The lowest BCUT2D eigenvalue weighted by atomic mass is 10.1. The zero-order valence-electron chi connectivity index (χ0n) is 12.2. The van der Waals surface area contributed by atoms with Crippen molar-refractivity contribution >= 4 is 17.0 Å². The Balaban J connectivity index is 1.77. The zero-order chi connectivity index (χ0) is 14.6. The fraction of sp³-hybridized carbons (Fsp3) is 0.529. The third kappa shape index (κ3) is 2.33. The van der Waals surface area contributed by atoms with Gasteiger partial charge in [-0.25, -0.2) is 9.78 Å². The maximum atomic E-state index is 11.1. The minimum Gasteiger partial charge on any atom is -0.478 e. The van der Waals surface area contributed by atoms with Crippen molar-refractivity contribution in [3.63, 3.8) is 0 Å². The largest absolute Gasteiger partial charge is 0.478 e. The highest BCUT2D eigenvalue weighted by atomic mass is 16.4. The molecule has 2 aliphatic carbocycles. The summed E-state index contributed by atoms with van der Waals surface area (Å²) in [6.07, 6.45) is 5.14. The van der Waals surface area contributed by atoms with Crippen molar-refractivity contribution in [1.29, 1.82) is 0 Å². The fourth-order valence-corrected chi connectivity index (χ4v) is 3.23. The quantitative estimate of drug-likeness (QED) is 0.911. The van der Waals surface area contributed by atoms with Crippen molar-refractivity contribution in [2.75, 3.05) is 0 Å². The van der Waals surface area contributed by atoms with Gasteiger partial charge in [-0.05, 0) is 55.7 Å². The summed E-state index contributed by atoms with van der Waals surface area (Å²) in [4.78, 5) is 15.9. The van der Waals surface area contributed by atoms with Crippen LogP contribution in [0.1, 0.15) is 54.7 Å². The summed E-state index contributed by atoms with van der Waals surface area (Å²) in [5, 5.41) is 9.13. The maximum absolute atomic E-state index is 11.1. The Hall–Kier alpha value is -1.84. The summed E-state index contributed by atoms with van der Waals surface area (Å²) < 4.78 is 2.35. The van der Waals surface area contributed by atoms with Gasteiger partial charge in [-0.1, -0.05) is 6.92 Å². The zero-order valence-corrected chi connectivity index (χ0v) is 12.2. The number of nitrogens with zero attached hydrogens (tertiary/aromatic N) is 2. The van der Waals surface area contributed by atoms with E-state index in [1.54, 1.807) is 12.1 Å². The highest BCUT2D eigenvalue weighted by Crippen LogP contribution is 2.43. The number of carboxylic acid groups (broad SMARTS) is 1. The first-order valence-corrected chi connectivity index (χ1v) is 7.87. The average Bonchev–Trinajstić information content (AvgIpc) is 3.35. The second-order valence-corrected chi connectivity index (χ2v) is 6.68. The molecule has 2 aromatic rings. The molecular formula is C17H20N2O2. The lowest BCUT2D eigenvalue weighted by molar-refractivity contribution is 0.0697. The molecule has 2 aliphatic rings. The second kappa shape index (κ2) is 4.58. The van der Waals surface area contributed by atoms with E-state index in [0.717, 1.165) is 23.5 Å². The highest BCUT2D eigenvalue weighted by molar-refractivity contribution is 5.92. The number of imidazole rings is 1. The molecule has 4 nitrogen and oxygen atoms in total. The van der Waals surface area contributed by atoms with Crippen LogP contribution < -0.4 is 0 Å². The summed E-state index contributed by atoms with van der Waals surface area (Å²) in [5.41, 5.74) is 2.25. The Morgan fingerprint density at radius 3 is 2.76 bits per heavy atom. The predicted octanol–water partition coefficient (Wildman–Crippen LogP) is 3.66. The first-order valence-electron chi connectivity index (χ1n) is 7.87. The molecule has 1 N–H and O–H groups in total. The monoisotopic (exact) mass is 284 g/mol. The van der Waals surface area contributed by atoms with Crippen LogP contribution in [0.2, 0.25) is 0 Å². The van der Waals surface area contributed by atoms with Gasteiger partial charge in [-0.15, -0.1) is 0 Å². The fourth-order valence-electron chi connectivity index (χ4n) is 3.23. The normalized spacial score (nSPS) is 19.9. The molecule has 4 rings (SSSR count). The van der Waals surface area contributed by atoms with Gasteiger partial charge in [0.15, 0.2) is 0 Å². The molecule has 1 atom stereocenters. The van der Waals surface area contributed by atoms with Gasteiger partial charge < -0.3 is 9.67 Å². The number of carbonyl (C=O) groups is 1. The third-order valence-corrected chi connectivity index (χ3v) is 4.86. The van der Waals surface area contributed by atoms with Crippen LogP contribution in [0.5, 0.6) is 0 Å². The Kier molecular flexibility index (Phi) is 2.81. The van der Waals surface area contributed by atoms with E-state index in [2.05, 4.69) is 11.5 Å². The smallest absolute Gasteiger partial charge is 0.335 e. The third-order valence-electron chi connectivity index (χ3n) is 4.86. The minimum atomic E-state index is -0.884. The number of aromatic nitrogens is 2. The van der Waals surface area contributed by atoms with Gasteiger partial charge in [-0.2, -0.15) is 0 Å². The van der Waals surface area contributed by atoms with Crippen molar-refractivity contribution in [2.24, 2.45) is 11.8 Å². The van der Waals surface area contributed by atoms with Crippen molar-refractivity contribution in [2.45, 2.75) is 45.1 Å². The molecule has 0 saturated heterocycles. The molecule has 0 bridgehead atoms. The molecular weight excluding hydrogens is 264 g/mol. The summed E-state index contributed by atoms with van der Waals surface area (Å²) >= 11 is 0. The number of hydrogen-bond donors (Lipinski definition) is 1. The van der Waals surface area contributed by atoms with Gasteiger partial charge in [0.1, 0.15) is 5.82 Å². The minimum absolute atomic E-state index is 0.324. The Morgan fingerprint density at radius 2 is 2.14 bits per heavy atom. The first-order chi connectivity index (χ1) is 10.1. The van der Waals surface area contributed by atoms with Crippen LogP contribution in [0, 0.1) is 11.8 Å². The molecule has 1 heterocycles. The average molecular weight is 284 g/mol. The van der Waals surface area contributed by atoms with E-state index in [-0.39, 0.29) is 0 Å². The summed E-state index contributed by atoms with van der Waals surface area (Å²) in [6.45, 7) is 3.34. The van der Waals surface area contributed by atoms with E-state index >= 15 is 0 Å². The van der Waals surface area contributed by atoms with Gasteiger partial charge in [0.25, 0.3) is 0 Å². The molecule has 110 valence electrons. The number of carboxylic acids is 1. The van der Waals surface area contributed by atoms with Crippen LogP contribution in [-0.2, 0) is 6.54 Å². The van der Waals surface area contributed by atoms with Crippen molar-refractivity contribution in [3.05, 3.63) is 29.6 Å². The van der Waals surface area contributed by atoms with Gasteiger partial charge in [0.2, 0.25) is 0 Å². The molecule has 1 unspecified atom stereocenters. The molecule has 0 aliphatic heterocycles. The van der Waals surface area contributed by atoms with Crippen LogP contribution in [0.15, 0.2) is 18.2 Å². The van der Waals surface area contributed by atoms with E-state index in [1.807, 2.05) is 6.07 Å². The topological polar surface area (TPSA) is 55.1 Å². The molecule has 0 radical (unpaired) electrons. The maximum Gasteiger partial charge on any atom is 0.335 e. The first kappa shape index (κ1) is 12.9. The lowest BCUT2D eigenvalue weighted by Crippen LogP contribution is -2.12. The van der Waals surface area contributed by atoms with Crippen LogP contribution in [0.3, 0.4) is 0 Å². The number of aromatic carboxylic acids is 1. The molecule has 2 fully saturated rings. The molecule has 1 aromatic carbocycles. The van der Waals surface area contributed by atoms with Crippen molar-refractivity contribution in [3.8, 4) is 0 Å². The number of fused-ring (bicyclic) bond motifs is 1. The highest BCUT2D eigenvalue weighted by Gasteiger charge is 2.33. The van der Waals surface area contributed by atoms with Gasteiger partial charge >= 0.3 is 5.97 Å². The van der Waals surface area contributed by atoms with E-state index in [0.29, 0.717) is 17.4 Å². The Labute approximate surface area is 123 Å². The number of hydrogen-bond acceptors (Lipinski definition) is 2. The standard InChI is InChI=1S/C17H20N2O2/c1-10(11-2-3-11)9-19-15-7-6-13(17(20)21)8-14(15)18-16(19)12-4-5-12/h6-8,10-12H,2-5,9H2,1H3,(H,20,21). The molecule has 0 spiro atoms. The lowest BCUT2D eigenvalue weighted by Gasteiger charge is -2.14. The number of benzene rings is 1. The molecule has 21 heavy (non-hydrogen) atoms. The second-order valence-electron chi connectivity index (χ2n) is 6.68. The van der Waals surface area contributed by atoms with Gasteiger partial charge in [-0.3, -0.25) is 0 Å². The van der Waals surface area contributed by atoms with E-state index in [1.165, 1.54) is 31.5 Å². The van der Waals surface area contributed by atoms with E-state index in [9.17, 15) is 4.79 Å². The van der Waals surface area contributed by atoms with E-state index in [4.69, 9.17) is 10.1 Å². The summed E-state index contributed by atoms with van der Waals surface area (Å²) in [5.74, 6) is 2.41. The SMILES string of the molecule is CC(Cn1c(C2CC2)nc2cc(C(=O)O)ccc21)C1CC1. The summed E-state index contributed by atoms with van der Waals surface area (Å²) in [7, 11) is 0. The van der Waals surface area contributed by atoms with Crippen molar-refractivity contribution < 1.29 is 9.90 Å². The Morgan fingerprint density at radius 1 is 1.38 bits per heavy atom. The van der Waals surface area contributed by atoms with Crippen LogP contribution in [-0.4, -0.2) is 20.6 Å². The van der Waals surface area contributed by atoms with Crippen LogP contribution >= 0.6 is 0 Å². The van der Waals surface area contributed by atoms with Crippen molar-refractivity contribution in [1.82, 2.24) is 9.55 Å². The van der Waals surface area contributed by atoms with Crippen LogP contribution in [0.25, 0.3) is 11.0 Å². The molecule has 0 amide bonds. The molecule has 1 aromatic heterocycles. The van der Waals surface area contributed by atoms with Gasteiger partial charge in [0.05, 0.1) is 16.6 Å². The Bertz CT molecular complexity index is 711. The predicted molar refractivity (Wildman–Crippen MR) is 80.6 cm³/mol. The van der Waals surface area contributed by atoms with E-state index < -0.39 is 5.97 Å². The summed E-state index contributed by atoms with van der Waals surface area (Å²) in [6, 6.07) is 5.33. The van der Waals surface area contributed by atoms with Gasteiger partial charge in [0, 0.05) is 12.5 Å². The van der Waals surface area contributed by atoms with Crippen LogP contribution in [0.4, 0.5) is 0 Å². The molecule has 4 heteroatoms. The molecule has 2 saturated carbocycles.